The third-order valence-electron chi connectivity index (χ3n) is 2.78. The molecule has 0 aromatic heterocycles. The van der Waals surface area contributed by atoms with Crippen LogP contribution in [0, 0.1) is 6.92 Å². The standard InChI is InChI=1S/C15H11Cl3O/c1-9-2-4-12(14(18)6-9)15(19)8-10-7-11(16)3-5-13(10)17/h2-7H,8H2,1H3. The molecule has 0 bridgehead atoms. The van der Waals surface area contributed by atoms with Crippen LogP contribution in [0.2, 0.25) is 15.1 Å². The molecule has 0 N–H and O–H groups in total. The predicted octanol–water partition coefficient (Wildman–Crippen LogP) is 5.38. The van der Waals surface area contributed by atoms with Crippen LogP contribution in [0.1, 0.15) is 21.5 Å². The summed E-state index contributed by atoms with van der Waals surface area (Å²) in [6.07, 6.45) is 0.183. The number of halogens is 3. The Bertz CT molecular complexity index is 635. The topological polar surface area (TPSA) is 17.1 Å². The molecule has 0 amide bonds. The fourth-order valence-corrected chi connectivity index (χ4v) is 2.51. The molecule has 0 aliphatic rings. The van der Waals surface area contributed by atoms with E-state index in [1.54, 1.807) is 30.3 Å². The minimum Gasteiger partial charge on any atom is -0.294 e. The summed E-state index contributed by atoms with van der Waals surface area (Å²) in [5.74, 6) is -0.0748. The lowest BCUT2D eigenvalue weighted by Crippen LogP contribution is -2.05. The van der Waals surface area contributed by atoms with E-state index in [2.05, 4.69) is 0 Å². The van der Waals surface area contributed by atoms with Gasteiger partial charge in [0.2, 0.25) is 0 Å². The Morgan fingerprint density at radius 2 is 1.74 bits per heavy atom. The number of benzene rings is 2. The third kappa shape index (κ3) is 3.50. The molecule has 2 aromatic rings. The second kappa shape index (κ2) is 5.96. The summed E-state index contributed by atoms with van der Waals surface area (Å²) in [6, 6.07) is 10.4. The molecule has 98 valence electrons. The Morgan fingerprint density at radius 1 is 1.00 bits per heavy atom. The van der Waals surface area contributed by atoms with Crippen LogP contribution < -0.4 is 0 Å². The van der Waals surface area contributed by atoms with Crippen molar-refractivity contribution < 1.29 is 4.79 Å². The Labute approximate surface area is 127 Å². The van der Waals surface area contributed by atoms with Crippen molar-refractivity contribution in [1.29, 1.82) is 0 Å². The van der Waals surface area contributed by atoms with Crippen LogP contribution in [0.3, 0.4) is 0 Å². The number of aryl methyl sites for hydroxylation is 1. The first-order valence-electron chi connectivity index (χ1n) is 5.70. The SMILES string of the molecule is Cc1ccc(C(=O)Cc2cc(Cl)ccc2Cl)c(Cl)c1. The van der Waals surface area contributed by atoms with Crippen LogP contribution in [0.15, 0.2) is 36.4 Å². The molecule has 0 fully saturated rings. The maximum absolute atomic E-state index is 12.2. The molecule has 0 radical (unpaired) electrons. The van der Waals surface area contributed by atoms with Crippen molar-refractivity contribution in [3.8, 4) is 0 Å². The summed E-state index contributed by atoms with van der Waals surface area (Å²) in [5, 5.41) is 1.55. The maximum atomic E-state index is 12.2. The number of carbonyl (C=O) groups is 1. The van der Waals surface area contributed by atoms with Crippen LogP contribution in [0.4, 0.5) is 0 Å². The first-order chi connectivity index (χ1) is 8.97. The molecule has 0 spiro atoms. The van der Waals surface area contributed by atoms with Crippen LogP contribution in [-0.2, 0) is 6.42 Å². The molecular weight excluding hydrogens is 303 g/mol. The highest BCUT2D eigenvalue weighted by Gasteiger charge is 2.13. The van der Waals surface area contributed by atoms with E-state index in [1.807, 2.05) is 13.0 Å². The zero-order valence-electron chi connectivity index (χ0n) is 10.2. The van der Waals surface area contributed by atoms with Gasteiger partial charge >= 0.3 is 0 Å². The smallest absolute Gasteiger partial charge is 0.168 e. The van der Waals surface area contributed by atoms with E-state index in [4.69, 9.17) is 34.8 Å². The lowest BCUT2D eigenvalue weighted by atomic mass is 10.0. The van der Waals surface area contributed by atoms with Crippen molar-refractivity contribution in [3.05, 3.63) is 68.2 Å². The Kier molecular flexibility index (Phi) is 4.51. The molecule has 4 heteroatoms. The number of ketones is 1. The fourth-order valence-electron chi connectivity index (χ4n) is 1.79. The normalized spacial score (nSPS) is 10.5. The zero-order chi connectivity index (χ0) is 14.0. The average Bonchev–Trinajstić information content (AvgIpc) is 2.33. The molecular formula is C15H11Cl3O. The van der Waals surface area contributed by atoms with Gasteiger partial charge in [0.25, 0.3) is 0 Å². The minimum absolute atomic E-state index is 0.0748. The van der Waals surface area contributed by atoms with Gasteiger partial charge in [-0.1, -0.05) is 40.9 Å². The van der Waals surface area contributed by atoms with E-state index in [-0.39, 0.29) is 12.2 Å². The molecule has 0 saturated carbocycles. The third-order valence-corrected chi connectivity index (χ3v) is 3.70. The molecule has 1 nitrogen and oxygen atoms in total. The maximum Gasteiger partial charge on any atom is 0.168 e. The fraction of sp³-hybridized carbons (Fsp3) is 0.133. The lowest BCUT2D eigenvalue weighted by Gasteiger charge is -2.07. The first kappa shape index (κ1) is 14.4. The Hall–Kier alpha value is -1.02. The molecule has 19 heavy (non-hydrogen) atoms. The average molecular weight is 314 g/mol. The van der Waals surface area contributed by atoms with Gasteiger partial charge in [-0.15, -0.1) is 0 Å². The van der Waals surface area contributed by atoms with Gasteiger partial charge in [-0.2, -0.15) is 0 Å². The van der Waals surface area contributed by atoms with Gasteiger partial charge in [-0.25, -0.2) is 0 Å². The van der Waals surface area contributed by atoms with Gasteiger partial charge in [0.05, 0.1) is 5.02 Å². The Morgan fingerprint density at radius 3 is 2.42 bits per heavy atom. The van der Waals surface area contributed by atoms with Crippen molar-refractivity contribution in [2.45, 2.75) is 13.3 Å². The zero-order valence-corrected chi connectivity index (χ0v) is 12.5. The van der Waals surface area contributed by atoms with Crippen molar-refractivity contribution in [2.75, 3.05) is 0 Å². The summed E-state index contributed by atoms with van der Waals surface area (Å²) in [6.45, 7) is 1.92. The van der Waals surface area contributed by atoms with Gasteiger partial charge in [-0.3, -0.25) is 4.79 Å². The Balaban J connectivity index is 2.28. The molecule has 0 atom stereocenters. The summed E-state index contributed by atoms with van der Waals surface area (Å²) in [5.41, 5.74) is 2.22. The number of rotatable bonds is 3. The first-order valence-corrected chi connectivity index (χ1v) is 6.84. The summed E-state index contributed by atoms with van der Waals surface area (Å²) in [7, 11) is 0. The monoisotopic (exact) mass is 312 g/mol. The summed E-state index contributed by atoms with van der Waals surface area (Å²) in [4.78, 5) is 12.2. The highest BCUT2D eigenvalue weighted by molar-refractivity contribution is 6.35. The molecule has 0 unspecified atom stereocenters. The molecule has 0 heterocycles. The highest BCUT2D eigenvalue weighted by atomic mass is 35.5. The molecule has 0 aliphatic heterocycles. The summed E-state index contributed by atoms with van der Waals surface area (Å²) >= 11 is 18.0. The number of hydrogen-bond acceptors (Lipinski definition) is 1. The van der Waals surface area contributed by atoms with Crippen LogP contribution in [0.25, 0.3) is 0 Å². The number of carbonyl (C=O) groups excluding carboxylic acids is 1. The van der Waals surface area contributed by atoms with Crippen molar-refractivity contribution in [3.63, 3.8) is 0 Å². The number of Topliss-reactive ketones (excluding diaryl/α,β-unsaturated/α-hetero) is 1. The van der Waals surface area contributed by atoms with Gasteiger partial charge in [0, 0.05) is 22.0 Å². The van der Waals surface area contributed by atoms with Crippen molar-refractivity contribution in [1.82, 2.24) is 0 Å². The minimum atomic E-state index is -0.0748. The van der Waals surface area contributed by atoms with Gasteiger partial charge in [0.15, 0.2) is 5.78 Å². The lowest BCUT2D eigenvalue weighted by molar-refractivity contribution is 0.0993. The molecule has 2 rings (SSSR count). The van der Waals surface area contributed by atoms with E-state index in [0.29, 0.717) is 26.2 Å². The second-order valence-electron chi connectivity index (χ2n) is 4.32. The van der Waals surface area contributed by atoms with E-state index in [0.717, 1.165) is 5.56 Å². The number of hydrogen-bond donors (Lipinski definition) is 0. The van der Waals surface area contributed by atoms with E-state index < -0.39 is 0 Å². The van der Waals surface area contributed by atoms with E-state index >= 15 is 0 Å². The van der Waals surface area contributed by atoms with Crippen LogP contribution in [0.5, 0.6) is 0 Å². The van der Waals surface area contributed by atoms with Crippen molar-refractivity contribution >= 4 is 40.6 Å². The quantitative estimate of drug-likeness (QED) is 0.695. The largest absolute Gasteiger partial charge is 0.294 e. The van der Waals surface area contributed by atoms with Gasteiger partial charge in [0.1, 0.15) is 0 Å². The van der Waals surface area contributed by atoms with E-state index in [1.165, 1.54) is 0 Å². The van der Waals surface area contributed by atoms with E-state index in [9.17, 15) is 4.79 Å². The van der Waals surface area contributed by atoms with Crippen LogP contribution in [-0.4, -0.2) is 5.78 Å². The molecule has 2 aromatic carbocycles. The second-order valence-corrected chi connectivity index (χ2v) is 5.57. The molecule has 0 aliphatic carbocycles. The summed E-state index contributed by atoms with van der Waals surface area (Å²) < 4.78 is 0. The van der Waals surface area contributed by atoms with Gasteiger partial charge in [-0.05, 0) is 48.4 Å². The predicted molar refractivity (Wildman–Crippen MR) is 80.7 cm³/mol. The van der Waals surface area contributed by atoms with Crippen LogP contribution >= 0.6 is 34.8 Å². The highest BCUT2D eigenvalue weighted by Crippen LogP contribution is 2.24. The molecule has 0 saturated heterocycles. The van der Waals surface area contributed by atoms with Crippen molar-refractivity contribution in [2.24, 2.45) is 0 Å². The van der Waals surface area contributed by atoms with Gasteiger partial charge < -0.3 is 0 Å².